The molecule has 0 fully saturated rings. The van der Waals surface area contributed by atoms with Gasteiger partial charge in [0.25, 0.3) is 0 Å². The zero-order valence-electron chi connectivity index (χ0n) is 17.8. The van der Waals surface area contributed by atoms with Crippen LogP contribution < -0.4 is 0 Å². The third kappa shape index (κ3) is 17.5. The van der Waals surface area contributed by atoms with Crippen LogP contribution in [0.3, 0.4) is 0 Å². The van der Waals surface area contributed by atoms with Gasteiger partial charge in [-0.1, -0.05) is 76.2 Å². The largest absolute Gasteiger partial charge is 0.595 e. The first-order chi connectivity index (χ1) is 13.5. The van der Waals surface area contributed by atoms with Gasteiger partial charge in [-0.15, -0.1) is 0 Å². The Bertz CT molecular complexity index is 662. The predicted octanol–water partition coefficient (Wildman–Crippen LogP) is 7.32. The zero-order valence-corrected chi connectivity index (χ0v) is 19.6. The number of phosphoric ester groups is 1. The molecule has 0 aliphatic heterocycles. The van der Waals surface area contributed by atoms with E-state index in [1.807, 2.05) is 0 Å². The van der Waals surface area contributed by atoms with Crippen molar-refractivity contribution in [3.05, 3.63) is 48.5 Å². The van der Waals surface area contributed by atoms with Crippen LogP contribution in [-0.2, 0) is 22.5 Å². The Morgan fingerprint density at radius 1 is 0.931 bits per heavy atom. The molecule has 2 N–H and O–H groups in total. The molecule has 0 heterocycles. The first-order valence-electron chi connectivity index (χ1n) is 9.90. The molecule has 0 aromatic carbocycles. The van der Waals surface area contributed by atoms with E-state index in [1.54, 1.807) is 19.9 Å². The molecular formula is C20H36O7P2. The average molecular weight is 450 g/mol. The zero-order chi connectivity index (χ0) is 22.3. The van der Waals surface area contributed by atoms with Gasteiger partial charge in [0.2, 0.25) is 0 Å². The molecule has 0 aliphatic carbocycles. The normalized spacial score (nSPS) is 14.6. The van der Waals surface area contributed by atoms with Crippen molar-refractivity contribution >= 4 is 15.6 Å². The predicted molar refractivity (Wildman–Crippen MR) is 117 cm³/mol. The number of rotatable bonds is 17. The lowest BCUT2D eigenvalue weighted by Gasteiger charge is -2.19. The Kier molecular flexibility index (Phi) is 14.3. The Morgan fingerprint density at radius 2 is 1.48 bits per heavy atom. The maximum absolute atomic E-state index is 12.7. The highest BCUT2D eigenvalue weighted by atomic mass is 31.3. The average Bonchev–Trinajstić information content (AvgIpc) is 2.54. The molecule has 0 spiro atoms. The lowest BCUT2D eigenvalue weighted by molar-refractivity contribution is 0.196. The SMILES string of the molecule is C=C(C)C=COP(=O)(OC(=CC(=C)C)CCCCCCCCCC)OP(=O)(O)O. The van der Waals surface area contributed by atoms with E-state index in [0.29, 0.717) is 17.6 Å². The number of hydrogen-bond donors (Lipinski definition) is 2. The van der Waals surface area contributed by atoms with Gasteiger partial charge in [0.05, 0.1) is 6.26 Å². The van der Waals surface area contributed by atoms with Crippen molar-refractivity contribution in [2.45, 2.75) is 78.6 Å². The molecule has 0 saturated heterocycles. The summed E-state index contributed by atoms with van der Waals surface area (Å²) in [5.74, 6) is 0.240. The maximum Gasteiger partial charge on any atom is 0.595 e. The van der Waals surface area contributed by atoms with E-state index in [9.17, 15) is 9.13 Å². The summed E-state index contributed by atoms with van der Waals surface area (Å²) in [5, 5.41) is 0. The smallest absolute Gasteiger partial charge is 0.403 e. The maximum atomic E-state index is 12.7. The lowest BCUT2D eigenvalue weighted by Crippen LogP contribution is -1.98. The molecule has 0 radical (unpaired) electrons. The summed E-state index contributed by atoms with van der Waals surface area (Å²) in [6.07, 6.45) is 13.2. The van der Waals surface area contributed by atoms with E-state index in [0.717, 1.165) is 31.9 Å². The summed E-state index contributed by atoms with van der Waals surface area (Å²) in [6, 6.07) is 0. The van der Waals surface area contributed by atoms with Gasteiger partial charge in [-0.05, 0) is 32.4 Å². The van der Waals surface area contributed by atoms with Crippen molar-refractivity contribution < 1.29 is 32.3 Å². The quantitative estimate of drug-likeness (QED) is 0.104. The van der Waals surface area contributed by atoms with Gasteiger partial charge in [0.1, 0.15) is 5.76 Å². The highest BCUT2D eigenvalue weighted by Crippen LogP contribution is 2.62. The topological polar surface area (TPSA) is 102 Å². The number of allylic oxidation sites excluding steroid dienone is 5. The molecule has 0 aromatic rings. The van der Waals surface area contributed by atoms with E-state index in [-0.39, 0.29) is 5.76 Å². The van der Waals surface area contributed by atoms with Crippen LogP contribution >= 0.6 is 15.6 Å². The van der Waals surface area contributed by atoms with Gasteiger partial charge < -0.3 is 18.8 Å². The fraction of sp³-hybridized carbons (Fsp3) is 0.600. The van der Waals surface area contributed by atoms with Gasteiger partial charge in [0.15, 0.2) is 0 Å². The van der Waals surface area contributed by atoms with E-state index < -0.39 is 15.6 Å². The summed E-state index contributed by atoms with van der Waals surface area (Å²) < 4.78 is 38.5. The van der Waals surface area contributed by atoms with Gasteiger partial charge in [-0.2, -0.15) is 4.31 Å². The number of unbranched alkanes of at least 4 members (excludes halogenated alkanes) is 7. The fourth-order valence-corrected chi connectivity index (χ4v) is 4.42. The summed E-state index contributed by atoms with van der Waals surface area (Å²) in [5.41, 5.74) is 1.23. The Hall–Kier alpha value is -1.10. The molecule has 29 heavy (non-hydrogen) atoms. The summed E-state index contributed by atoms with van der Waals surface area (Å²) in [4.78, 5) is 18.1. The molecule has 7 nitrogen and oxygen atoms in total. The molecule has 0 bridgehead atoms. The number of hydrogen-bond acceptors (Lipinski definition) is 5. The summed E-state index contributed by atoms with van der Waals surface area (Å²) in [6.45, 7) is 13.0. The minimum Gasteiger partial charge on any atom is -0.403 e. The molecule has 0 saturated carbocycles. The van der Waals surface area contributed by atoms with E-state index in [2.05, 4.69) is 24.4 Å². The fourth-order valence-electron chi connectivity index (χ4n) is 2.40. The second kappa shape index (κ2) is 14.8. The van der Waals surface area contributed by atoms with E-state index >= 15 is 0 Å². The molecule has 9 heteroatoms. The monoisotopic (exact) mass is 450 g/mol. The first kappa shape index (κ1) is 27.9. The van der Waals surface area contributed by atoms with E-state index in [4.69, 9.17) is 18.8 Å². The second-order valence-corrected chi connectivity index (χ2v) is 9.97. The highest BCUT2D eigenvalue weighted by molar-refractivity contribution is 7.61. The van der Waals surface area contributed by atoms with Crippen LogP contribution in [0.4, 0.5) is 0 Å². The standard InChI is InChI=1S/C20H36O7P2/c1-6-7-8-9-10-11-12-13-14-20(17-19(4)5)26-29(24,27-28(21,22)23)25-16-15-18(2)3/h15-17H,2,4,6-14H2,1,3,5H3,(H2,21,22,23). The van der Waals surface area contributed by atoms with Gasteiger partial charge >= 0.3 is 15.6 Å². The van der Waals surface area contributed by atoms with Crippen LogP contribution in [0.2, 0.25) is 0 Å². The van der Waals surface area contributed by atoms with Crippen molar-refractivity contribution in [3.8, 4) is 0 Å². The van der Waals surface area contributed by atoms with Crippen LogP contribution in [0.5, 0.6) is 0 Å². The van der Waals surface area contributed by atoms with Crippen molar-refractivity contribution in [2.24, 2.45) is 0 Å². The van der Waals surface area contributed by atoms with Crippen molar-refractivity contribution in [1.29, 1.82) is 0 Å². The Morgan fingerprint density at radius 3 is 1.97 bits per heavy atom. The minimum absolute atomic E-state index is 0.240. The molecule has 1 unspecified atom stereocenters. The molecule has 0 rings (SSSR count). The lowest BCUT2D eigenvalue weighted by atomic mass is 10.1. The van der Waals surface area contributed by atoms with Gasteiger partial charge in [-0.25, -0.2) is 9.13 Å². The molecule has 0 aromatic heterocycles. The van der Waals surface area contributed by atoms with Crippen molar-refractivity contribution in [3.63, 3.8) is 0 Å². The van der Waals surface area contributed by atoms with Crippen LogP contribution in [0, 0.1) is 0 Å². The third-order valence-corrected chi connectivity index (χ3v) is 6.15. The third-order valence-electron chi connectivity index (χ3n) is 3.66. The van der Waals surface area contributed by atoms with Crippen molar-refractivity contribution in [2.75, 3.05) is 0 Å². The van der Waals surface area contributed by atoms with Crippen molar-refractivity contribution in [1.82, 2.24) is 0 Å². The first-order valence-corrected chi connectivity index (χ1v) is 12.9. The molecule has 168 valence electrons. The van der Waals surface area contributed by atoms with Crippen LogP contribution in [-0.4, -0.2) is 9.79 Å². The number of phosphoric acid groups is 2. The summed E-state index contributed by atoms with van der Waals surface area (Å²) >= 11 is 0. The Labute approximate surface area is 175 Å². The molecule has 0 amide bonds. The highest BCUT2D eigenvalue weighted by Gasteiger charge is 2.38. The van der Waals surface area contributed by atoms with Gasteiger partial charge in [-0.3, -0.25) is 0 Å². The molecule has 1 atom stereocenters. The van der Waals surface area contributed by atoms with Crippen LogP contribution in [0.25, 0.3) is 0 Å². The molecule has 0 aliphatic rings. The second-order valence-electron chi connectivity index (χ2n) is 7.05. The molecular weight excluding hydrogens is 414 g/mol. The van der Waals surface area contributed by atoms with Crippen LogP contribution in [0.1, 0.15) is 78.6 Å². The summed E-state index contributed by atoms with van der Waals surface area (Å²) in [7, 11) is -9.69. The van der Waals surface area contributed by atoms with Gasteiger partial charge in [0, 0.05) is 6.42 Å². The minimum atomic E-state index is -5.11. The Balaban J connectivity index is 4.93. The van der Waals surface area contributed by atoms with Crippen LogP contribution in [0.15, 0.2) is 48.5 Å². The van der Waals surface area contributed by atoms with E-state index in [1.165, 1.54) is 31.8 Å².